The van der Waals surface area contributed by atoms with Gasteiger partial charge in [-0.15, -0.1) is 0 Å². The molecule has 0 aliphatic rings. The van der Waals surface area contributed by atoms with E-state index in [2.05, 4.69) is 5.10 Å². The monoisotopic (exact) mass is 176 g/mol. The molecule has 1 aromatic heterocycles. The van der Waals surface area contributed by atoms with E-state index in [4.69, 9.17) is 0 Å². The van der Waals surface area contributed by atoms with Crippen LogP contribution in [0.5, 0.6) is 0 Å². The highest BCUT2D eigenvalue weighted by atomic mass is 19.1. The molecular formula is C10H9FN2. The maximum atomic E-state index is 13.1. The summed E-state index contributed by atoms with van der Waals surface area (Å²) in [5.41, 5.74) is 0.659. The minimum absolute atomic E-state index is 0.182. The lowest BCUT2D eigenvalue weighted by Gasteiger charge is -2.02. The number of nitrogens with zero attached hydrogens (tertiary/aromatic N) is 2. The second-order valence-electron chi connectivity index (χ2n) is 2.80. The third-order valence-corrected chi connectivity index (χ3v) is 1.85. The summed E-state index contributed by atoms with van der Waals surface area (Å²) in [6.45, 7) is 0.486. The molecule has 0 aliphatic carbocycles. The van der Waals surface area contributed by atoms with Gasteiger partial charge in [0, 0.05) is 18.0 Å². The molecular weight excluding hydrogens is 167 g/mol. The number of hydrogen-bond donors (Lipinski definition) is 0. The van der Waals surface area contributed by atoms with Gasteiger partial charge < -0.3 is 0 Å². The molecule has 2 rings (SSSR count). The molecule has 0 spiro atoms. The Labute approximate surface area is 75.6 Å². The fraction of sp³-hybridized carbons (Fsp3) is 0.100. The molecule has 0 aliphatic heterocycles. The van der Waals surface area contributed by atoms with Crippen molar-refractivity contribution in [2.24, 2.45) is 0 Å². The summed E-state index contributed by atoms with van der Waals surface area (Å²) in [7, 11) is 0. The van der Waals surface area contributed by atoms with E-state index in [9.17, 15) is 4.39 Å². The number of rotatable bonds is 2. The number of benzene rings is 1. The van der Waals surface area contributed by atoms with Gasteiger partial charge in [-0.1, -0.05) is 18.2 Å². The molecule has 0 amide bonds. The van der Waals surface area contributed by atoms with Crippen LogP contribution in [-0.2, 0) is 6.54 Å². The lowest BCUT2D eigenvalue weighted by Crippen LogP contribution is -2.01. The Morgan fingerprint density at radius 2 is 2.08 bits per heavy atom. The van der Waals surface area contributed by atoms with E-state index in [1.54, 1.807) is 23.0 Å². The maximum absolute atomic E-state index is 13.1. The fourth-order valence-corrected chi connectivity index (χ4v) is 1.20. The molecule has 0 N–H and O–H groups in total. The second-order valence-corrected chi connectivity index (χ2v) is 2.80. The summed E-state index contributed by atoms with van der Waals surface area (Å²) < 4.78 is 14.8. The summed E-state index contributed by atoms with van der Waals surface area (Å²) >= 11 is 0. The molecule has 2 nitrogen and oxygen atoms in total. The van der Waals surface area contributed by atoms with Crippen molar-refractivity contribution >= 4 is 0 Å². The standard InChI is InChI=1S/C10H9FN2/c11-10-5-2-1-4-9(10)8-13-7-3-6-12-13/h1-7H,8H2. The summed E-state index contributed by atoms with van der Waals surface area (Å²) in [4.78, 5) is 0. The van der Waals surface area contributed by atoms with Crippen LogP contribution < -0.4 is 0 Å². The minimum Gasteiger partial charge on any atom is -0.268 e. The van der Waals surface area contributed by atoms with Crippen LogP contribution in [0.1, 0.15) is 5.56 Å². The molecule has 0 radical (unpaired) electrons. The SMILES string of the molecule is Fc1ccccc1Cn1cccn1. The average molecular weight is 176 g/mol. The number of hydrogen-bond acceptors (Lipinski definition) is 1. The summed E-state index contributed by atoms with van der Waals surface area (Å²) in [6.07, 6.45) is 3.49. The third-order valence-electron chi connectivity index (χ3n) is 1.85. The highest BCUT2D eigenvalue weighted by Gasteiger charge is 2.00. The van der Waals surface area contributed by atoms with Crippen molar-refractivity contribution in [3.63, 3.8) is 0 Å². The molecule has 1 heterocycles. The van der Waals surface area contributed by atoms with E-state index in [0.29, 0.717) is 12.1 Å². The number of halogens is 1. The van der Waals surface area contributed by atoms with Crippen molar-refractivity contribution < 1.29 is 4.39 Å². The zero-order valence-corrected chi connectivity index (χ0v) is 7.02. The van der Waals surface area contributed by atoms with Crippen molar-refractivity contribution in [1.29, 1.82) is 0 Å². The Kier molecular flexibility index (Phi) is 2.08. The Morgan fingerprint density at radius 1 is 1.23 bits per heavy atom. The summed E-state index contributed by atoms with van der Waals surface area (Å²) in [5, 5.41) is 4.00. The largest absolute Gasteiger partial charge is 0.268 e. The van der Waals surface area contributed by atoms with Crippen LogP contribution >= 0.6 is 0 Å². The third kappa shape index (κ3) is 1.75. The smallest absolute Gasteiger partial charge is 0.128 e. The van der Waals surface area contributed by atoms with Crippen LogP contribution in [0.25, 0.3) is 0 Å². The van der Waals surface area contributed by atoms with Crippen LogP contribution in [0.15, 0.2) is 42.7 Å². The zero-order valence-electron chi connectivity index (χ0n) is 7.02. The van der Waals surface area contributed by atoms with E-state index in [1.807, 2.05) is 18.3 Å². The lowest BCUT2D eigenvalue weighted by molar-refractivity contribution is 0.585. The fourth-order valence-electron chi connectivity index (χ4n) is 1.20. The van der Waals surface area contributed by atoms with Gasteiger partial charge in [-0.2, -0.15) is 5.10 Å². The molecule has 66 valence electrons. The van der Waals surface area contributed by atoms with Crippen molar-refractivity contribution in [2.45, 2.75) is 6.54 Å². The predicted molar refractivity (Wildman–Crippen MR) is 47.7 cm³/mol. The van der Waals surface area contributed by atoms with Crippen LogP contribution in [0.3, 0.4) is 0 Å². The molecule has 3 heteroatoms. The van der Waals surface area contributed by atoms with Crippen molar-refractivity contribution in [3.05, 3.63) is 54.1 Å². The summed E-state index contributed by atoms with van der Waals surface area (Å²) in [6, 6.07) is 8.54. The molecule has 2 aromatic rings. The van der Waals surface area contributed by atoms with E-state index in [-0.39, 0.29) is 5.82 Å². The van der Waals surface area contributed by atoms with Crippen LogP contribution in [0.4, 0.5) is 4.39 Å². The lowest BCUT2D eigenvalue weighted by atomic mass is 10.2. The highest BCUT2D eigenvalue weighted by Crippen LogP contribution is 2.07. The Morgan fingerprint density at radius 3 is 2.77 bits per heavy atom. The van der Waals surface area contributed by atoms with E-state index >= 15 is 0 Å². The normalized spacial score (nSPS) is 10.2. The van der Waals surface area contributed by atoms with Gasteiger partial charge in [0.2, 0.25) is 0 Å². The number of aromatic nitrogens is 2. The summed E-state index contributed by atoms with van der Waals surface area (Å²) in [5.74, 6) is -0.182. The van der Waals surface area contributed by atoms with Gasteiger partial charge in [-0.25, -0.2) is 4.39 Å². The Balaban J connectivity index is 2.24. The van der Waals surface area contributed by atoms with Crippen molar-refractivity contribution in [2.75, 3.05) is 0 Å². The van der Waals surface area contributed by atoms with Crippen LogP contribution in [0.2, 0.25) is 0 Å². The first-order chi connectivity index (χ1) is 6.36. The average Bonchev–Trinajstić information content (AvgIpc) is 2.61. The Hall–Kier alpha value is -1.64. The van der Waals surface area contributed by atoms with Gasteiger partial charge >= 0.3 is 0 Å². The zero-order chi connectivity index (χ0) is 9.10. The van der Waals surface area contributed by atoms with Gasteiger partial charge in [0.1, 0.15) is 5.82 Å². The van der Waals surface area contributed by atoms with Crippen molar-refractivity contribution in [3.8, 4) is 0 Å². The van der Waals surface area contributed by atoms with Gasteiger partial charge in [-0.3, -0.25) is 4.68 Å². The minimum atomic E-state index is -0.182. The first kappa shape index (κ1) is 7.98. The molecule has 13 heavy (non-hydrogen) atoms. The quantitative estimate of drug-likeness (QED) is 0.685. The molecule has 0 unspecified atom stereocenters. The van der Waals surface area contributed by atoms with Crippen LogP contribution in [0, 0.1) is 5.82 Å². The maximum Gasteiger partial charge on any atom is 0.128 e. The van der Waals surface area contributed by atoms with Gasteiger partial charge in [0.05, 0.1) is 6.54 Å². The topological polar surface area (TPSA) is 17.8 Å². The van der Waals surface area contributed by atoms with E-state index in [1.165, 1.54) is 6.07 Å². The first-order valence-corrected chi connectivity index (χ1v) is 4.07. The molecule has 0 atom stereocenters. The molecule has 0 bridgehead atoms. The highest BCUT2D eigenvalue weighted by molar-refractivity contribution is 5.17. The molecule has 0 fully saturated rings. The van der Waals surface area contributed by atoms with Crippen molar-refractivity contribution in [1.82, 2.24) is 9.78 Å². The second kappa shape index (κ2) is 3.39. The first-order valence-electron chi connectivity index (χ1n) is 4.07. The molecule has 0 saturated carbocycles. The van der Waals surface area contributed by atoms with E-state index < -0.39 is 0 Å². The van der Waals surface area contributed by atoms with Gasteiger partial charge in [0.15, 0.2) is 0 Å². The molecule has 1 aromatic carbocycles. The van der Waals surface area contributed by atoms with E-state index in [0.717, 1.165) is 0 Å². The van der Waals surface area contributed by atoms with Gasteiger partial charge in [0.25, 0.3) is 0 Å². The molecule has 0 saturated heterocycles. The predicted octanol–water partition coefficient (Wildman–Crippen LogP) is 2.07. The Bertz CT molecular complexity index is 382. The van der Waals surface area contributed by atoms with Crippen LogP contribution in [-0.4, -0.2) is 9.78 Å². The van der Waals surface area contributed by atoms with Gasteiger partial charge in [-0.05, 0) is 12.1 Å².